The first-order valence-corrected chi connectivity index (χ1v) is 5.43. The Morgan fingerprint density at radius 3 is 2.57 bits per heavy atom. The van der Waals surface area contributed by atoms with E-state index in [1.165, 1.54) is 18.7 Å². The molecule has 0 saturated carbocycles. The quantitative estimate of drug-likeness (QED) is 0.779. The average Bonchev–Trinajstić information content (AvgIpc) is 2.18. The van der Waals surface area contributed by atoms with E-state index in [4.69, 9.17) is 0 Å². The van der Waals surface area contributed by atoms with Crippen LogP contribution in [-0.4, -0.2) is 25.7 Å². The Morgan fingerprint density at radius 2 is 2.07 bits per heavy atom. The fraction of sp³-hybridized carbons (Fsp3) is 0.500. The summed E-state index contributed by atoms with van der Waals surface area (Å²) in [6.07, 6.45) is 1.32. The maximum Gasteiger partial charge on any atom is 0.0366 e. The fourth-order valence-corrected chi connectivity index (χ4v) is 1.83. The van der Waals surface area contributed by atoms with Crippen molar-refractivity contribution in [3.05, 3.63) is 30.3 Å². The predicted octanol–water partition coefficient (Wildman–Crippen LogP) is 1.87. The average molecular weight is 190 g/mol. The van der Waals surface area contributed by atoms with E-state index in [-0.39, 0.29) is 0 Å². The summed E-state index contributed by atoms with van der Waals surface area (Å²) >= 11 is 0. The second-order valence-electron chi connectivity index (χ2n) is 3.81. The van der Waals surface area contributed by atoms with Gasteiger partial charge in [-0.25, -0.2) is 0 Å². The van der Waals surface area contributed by atoms with Gasteiger partial charge in [0.2, 0.25) is 0 Å². The minimum Gasteiger partial charge on any atom is -0.370 e. The largest absolute Gasteiger partial charge is 0.370 e. The van der Waals surface area contributed by atoms with Gasteiger partial charge < -0.3 is 10.2 Å². The van der Waals surface area contributed by atoms with Crippen molar-refractivity contribution in [2.75, 3.05) is 24.5 Å². The highest BCUT2D eigenvalue weighted by molar-refractivity contribution is 5.46. The van der Waals surface area contributed by atoms with Crippen LogP contribution < -0.4 is 10.2 Å². The van der Waals surface area contributed by atoms with Crippen molar-refractivity contribution in [3.8, 4) is 0 Å². The van der Waals surface area contributed by atoms with Crippen LogP contribution >= 0.6 is 0 Å². The zero-order chi connectivity index (χ0) is 9.80. The minimum absolute atomic E-state index is 0.704. The van der Waals surface area contributed by atoms with Gasteiger partial charge in [-0.1, -0.05) is 18.2 Å². The highest BCUT2D eigenvalue weighted by atomic mass is 15.2. The fourth-order valence-electron chi connectivity index (χ4n) is 1.83. The van der Waals surface area contributed by atoms with Crippen molar-refractivity contribution in [1.29, 1.82) is 0 Å². The van der Waals surface area contributed by atoms with Gasteiger partial charge in [0, 0.05) is 24.8 Å². The van der Waals surface area contributed by atoms with E-state index < -0.39 is 0 Å². The van der Waals surface area contributed by atoms with Gasteiger partial charge in [-0.05, 0) is 32.0 Å². The molecular formula is C12H18N2. The number of likely N-dealkylation sites (N-methyl/N-ethyl adjacent to an activating group) is 1. The number of hydrogen-bond donors (Lipinski definition) is 1. The second-order valence-corrected chi connectivity index (χ2v) is 3.81. The molecule has 1 N–H and O–H groups in total. The summed E-state index contributed by atoms with van der Waals surface area (Å²) in [6.45, 7) is 5.63. The molecule has 0 bridgehead atoms. The second kappa shape index (κ2) is 4.47. The molecule has 1 unspecified atom stereocenters. The molecule has 0 amide bonds. The van der Waals surface area contributed by atoms with Crippen molar-refractivity contribution in [2.24, 2.45) is 0 Å². The van der Waals surface area contributed by atoms with Crippen LogP contribution in [0, 0.1) is 0 Å². The number of rotatable bonds is 4. The van der Waals surface area contributed by atoms with Crippen molar-refractivity contribution < 1.29 is 0 Å². The van der Waals surface area contributed by atoms with Crippen molar-refractivity contribution in [1.82, 2.24) is 5.32 Å². The van der Waals surface area contributed by atoms with Gasteiger partial charge in [0.25, 0.3) is 0 Å². The predicted molar refractivity (Wildman–Crippen MR) is 60.7 cm³/mol. The number of para-hydroxylation sites is 1. The Morgan fingerprint density at radius 1 is 1.36 bits per heavy atom. The van der Waals surface area contributed by atoms with E-state index in [2.05, 4.69) is 47.5 Å². The van der Waals surface area contributed by atoms with Crippen molar-refractivity contribution >= 4 is 5.69 Å². The lowest BCUT2D eigenvalue weighted by molar-refractivity contribution is 0.371. The maximum atomic E-state index is 3.44. The monoisotopic (exact) mass is 190 g/mol. The molecule has 1 aromatic rings. The first-order valence-electron chi connectivity index (χ1n) is 5.43. The highest BCUT2D eigenvalue weighted by Crippen LogP contribution is 2.15. The van der Waals surface area contributed by atoms with E-state index in [1.54, 1.807) is 0 Å². The normalized spacial score (nSPS) is 20.2. The first-order chi connectivity index (χ1) is 6.90. The molecule has 0 aromatic heterocycles. The third-order valence-corrected chi connectivity index (χ3v) is 2.87. The SMILES string of the molecule is CCN(CC1CCN1)c1ccccc1. The molecule has 0 radical (unpaired) electrons. The van der Waals surface area contributed by atoms with Gasteiger partial charge in [0.05, 0.1) is 0 Å². The van der Waals surface area contributed by atoms with E-state index in [0.29, 0.717) is 6.04 Å². The van der Waals surface area contributed by atoms with Crippen LogP contribution in [-0.2, 0) is 0 Å². The van der Waals surface area contributed by atoms with Gasteiger partial charge in [0.15, 0.2) is 0 Å². The molecule has 1 heterocycles. The molecule has 1 aliphatic heterocycles. The smallest absolute Gasteiger partial charge is 0.0366 e. The maximum absolute atomic E-state index is 3.44. The lowest BCUT2D eigenvalue weighted by atomic mass is 10.1. The summed E-state index contributed by atoms with van der Waals surface area (Å²) in [7, 11) is 0. The van der Waals surface area contributed by atoms with Crippen LogP contribution in [0.1, 0.15) is 13.3 Å². The molecule has 1 atom stereocenters. The summed E-state index contributed by atoms with van der Waals surface area (Å²) < 4.78 is 0. The summed E-state index contributed by atoms with van der Waals surface area (Å²) in [5.41, 5.74) is 1.34. The molecule has 1 saturated heterocycles. The Hall–Kier alpha value is -1.02. The van der Waals surface area contributed by atoms with Crippen LogP contribution in [0.15, 0.2) is 30.3 Å². The molecule has 0 aliphatic carbocycles. The van der Waals surface area contributed by atoms with Gasteiger partial charge >= 0.3 is 0 Å². The molecule has 1 aromatic carbocycles. The Balaban J connectivity index is 1.98. The Kier molecular flexibility index (Phi) is 3.04. The number of hydrogen-bond acceptors (Lipinski definition) is 2. The van der Waals surface area contributed by atoms with Gasteiger partial charge in [0.1, 0.15) is 0 Å². The number of benzene rings is 1. The molecule has 2 heteroatoms. The van der Waals surface area contributed by atoms with Gasteiger partial charge in [-0.15, -0.1) is 0 Å². The zero-order valence-electron chi connectivity index (χ0n) is 8.74. The highest BCUT2D eigenvalue weighted by Gasteiger charge is 2.18. The van der Waals surface area contributed by atoms with E-state index in [0.717, 1.165) is 13.1 Å². The van der Waals surface area contributed by atoms with Crippen LogP contribution in [0.25, 0.3) is 0 Å². The Bertz CT molecular complexity index is 267. The summed E-state index contributed by atoms with van der Waals surface area (Å²) in [5, 5.41) is 3.44. The topological polar surface area (TPSA) is 15.3 Å². The number of anilines is 1. The molecule has 1 fully saturated rings. The number of nitrogens with one attached hydrogen (secondary N) is 1. The van der Waals surface area contributed by atoms with Crippen molar-refractivity contribution in [2.45, 2.75) is 19.4 Å². The van der Waals surface area contributed by atoms with E-state index >= 15 is 0 Å². The van der Waals surface area contributed by atoms with Crippen molar-refractivity contribution in [3.63, 3.8) is 0 Å². The summed E-state index contributed by atoms with van der Waals surface area (Å²) in [4.78, 5) is 2.43. The van der Waals surface area contributed by atoms with E-state index in [9.17, 15) is 0 Å². The molecule has 2 rings (SSSR count). The number of nitrogens with zero attached hydrogens (tertiary/aromatic N) is 1. The molecule has 14 heavy (non-hydrogen) atoms. The van der Waals surface area contributed by atoms with Crippen LogP contribution in [0.2, 0.25) is 0 Å². The summed E-state index contributed by atoms with van der Waals surface area (Å²) in [6, 6.07) is 11.3. The molecule has 76 valence electrons. The lowest BCUT2D eigenvalue weighted by Gasteiger charge is -2.34. The Labute approximate surface area is 85.9 Å². The van der Waals surface area contributed by atoms with Crippen LogP contribution in [0.5, 0.6) is 0 Å². The summed E-state index contributed by atoms with van der Waals surface area (Å²) in [5.74, 6) is 0. The third kappa shape index (κ3) is 2.07. The zero-order valence-corrected chi connectivity index (χ0v) is 8.74. The molecule has 0 spiro atoms. The first kappa shape index (κ1) is 9.53. The minimum atomic E-state index is 0.704. The van der Waals surface area contributed by atoms with Gasteiger partial charge in [-0.2, -0.15) is 0 Å². The van der Waals surface area contributed by atoms with Crippen LogP contribution in [0.3, 0.4) is 0 Å². The van der Waals surface area contributed by atoms with Gasteiger partial charge in [-0.3, -0.25) is 0 Å². The third-order valence-electron chi connectivity index (χ3n) is 2.87. The molecular weight excluding hydrogens is 172 g/mol. The van der Waals surface area contributed by atoms with Crippen LogP contribution in [0.4, 0.5) is 5.69 Å². The standard InChI is InChI=1S/C12H18N2/c1-2-14(10-11-8-9-13-11)12-6-4-3-5-7-12/h3-7,11,13H,2,8-10H2,1H3. The lowest BCUT2D eigenvalue weighted by Crippen LogP contribution is -2.50. The van der Waals surface area contributed by atoms with E-state index in [1.807, 2.05) is 0 Å². The molecule has 2 nitrogen and oxygen atoms in total. The molecule has 1 aliphatic rings.